The average Bonchev–Trinajstić information content (AvgIpc) is 3.37. The molecule has 4 N–H and O–H groups in total. The van der Waals surface area contributed by atoms with Gasteiger partial charge in [-0.25, -0.2) is 9.78 Å². The van der Waals surface area contributed by atoms with E-state index < -0.39 is 29.2 Å². The van der Waals surface area contributed by atoms with Crippen LogP contribution in [-0.4, -0.2) is 93.9 Å². The number of nitrogens with zero attached hydrogens (tertiary/aromatic N) is 4. The van der Waals surface area contributed by atoms with Gasteiger partial charge in [-0.15, -0.1) is 47.9 Å². The fourth-order valence-electron chi connectivity index (χ4n) is 4.42. The predicted molar refractivity (Wildman–Crippen MR) is 134 cm³/mol. The average molecular weight is 555 g/mol. The number of carbonyl (C=O) groups is 3. The first-order valence-corrected chi connectivity index (χ1v) is 12.0. The molecule has 0 radical (unpaired) electrons. The van der Waals surface area contributed by atoms with E-state index in [2.05, 4.69) is 22.5 Å². The number of carboxylic acid groups (broad SMARTS) is 1. The Labute approximate surface area is 217 Å². The van der Waals surface area contributed by atoms with Gasteiger partial charge in [0.15, 0.2) is 10.8 Å². The van der Waals surface area contributed by atoms with Crippen molar-refractivity contribution in [1.29, 1.82) is 0 Å². The molecule has 2 fully saturated rings. The normalized spacial score (nSPS) is 23.3. The summed E-state index contributed by atoms with van der Waals surface area (Å²) in [4.78, 5) is 47.9. The number of β-lactam (4-membered cyclic amide) rings is 1. The zero-order valence-electron chi connectivity index (χ0n) is 18.6. The maximum absolute atomic E-state index is 12.9. The highest BCUT2D eigenvalue weighted by Gasteiger charge is 2.55. The van der Waals surface area contributed by atoms with E-state index in [9.17, 15) is 19.5 Å². The number of likely N-dealkylation sites (tertiary alicyclic amines) is 1. The third-order valence-electron chi connectivity index (χ3n) is 5.92. The van der Waals surface area contributed by atoms with Gasteiger partial charge in [0.1, 0.15) is 36.5 Å². The van der Waals surface area contributed by atoms with Crippen LogP contribution in [0.15, 0.2) is 21.8 Å². The third-order valence-corrected chi connectivity index (χ3v) is 7.93. The van der Waals surface area contributed by atoms with Crippen LogP contribution < -0.4 is 11.1 Å². The Hall–Kier alpha value is -2.06. The van der Waals surface area contributed by atoms with Crippen LogP contribution >= 0.6 is 47.9 Å². The van der Waals surface area contributed by atoms with Gasteiger partial charge in [0.2, 0.25) is 0 Å². The van der Waals surface area contributed by atoms with Crippen molar-refractivity contribution in [2.75, 3.05) is 45.3 Å². The lowest BCUT2D eigenvalue weighted by atomic mass is 10.0. The van der Waals surface area contributed by atoms with Crippen LogP contribution in [0.5, 0.6) is 0 Å². The van der Waals surface area contributed by atoms with Gasteiger partial charge in [-0.1, -0.05) is 5.16 Å². The van der Waals surface area contributed by atoms with Gasteiger partial charge in [0.25, 0.3) is 11.8 Å². The summed E-state index contributed by atoms with van der Waals surface area (Å²) in [6.45, 7) is 2.61. The number of hydrogen-bond acceptors (Lipinski definition) is 9. The molecule has 2 atom stereocenters. The fourth-order valence-corrected chi connectivity index (χ4v) is 6.31. The molecule has 4 rings (SSSR count). The van der Waals surface area contributed by atoms with Crippen molar-refractivity contribution < 1.29 is 28.8 Å². The number of amides is 2. The molecule has 2 amide bonds. The molecule has 0 unspecified atom stereocenters. The topological polar surface area (TPSA) is 147 Å². The van der Waals surface area contributed by atoms with Crippen LogP contribution in [0.4, 0.5) is 5.13 Å². The SMILES string of the molecule is CO/N=C(\C(=O)N[C@@H]1C(=O)N2C(C(=O)O)=C(C[N+]3(C)CCCC3)CS[C@H]12)c1csc(N)n1.Cl.Cl. The van der Waals surface area contributed by atoms with E-state index in [0.29, 0.717) is 12.3 Å². The molecular weight excluding hydrogens is 527 g/mol. The number of carboxylic acids is 1. The molecule has 4 heterocycles. The lowest BCUT2D eigenvalue weighted by Gasteiger charge is -2.49. The minimum Gasteiger partial charge on any atom is -0.477 e. The highest BCUT2D eigenvalue weighted by atomic mass is 35.5. The highest BCUT2D eigenvalue weighted by Crippen LogP contribution is 2.41. The molecule has 11 nitrogen and oxygen atoms in total. The van der Waals surface area contributed by atoms with Crippen LogP contribution in [0.1, 0.15) is 18.5 Å². The third kappa shape index (κ3) is 5.28. The number of anilines is 1. The minimum absolute atomic E-state index is 0. The first-order chi connectivity index (χ1) is 15.2. The summed E-state index contributed by atoms with van der Waals surface area (Å²) in [6.07, 6.45) is 2.24. The molecule has 15 heteroatoms. The monoisotopic (exact) mass is 553 g/mol. The van der Waals surface area contributed by atoms with Crippen molar-refractivity contribution in [3.63, 3.8) is 0 Å². The number of rotatable bonds is 7. The van der Waals surface area contributed by atoms with Crippen LogP contribution in [0.25, 0.3) is 0 Å². The molecule has 3 aliphatic rings. The van der Waals surface area contributed by atoms with Gasteiger partial charge in [-0.2, -0.15) is 0 Å². The first-order valence-electron chi connectivity index (χ1n) is 10.1. The first kappa shape index (κ1) is 28.2. The zero-order valence-corrected chi connectivity index (χ0v) is 21.8. The van der Waals surface area contributed by atoms with E-state index in [1.807, 2.05) is 0 Å². The lowest BCUT2D eigenvalue weighted by molar-refractivity contribution is -0.893. The summed E-state index contributed by atoms with van der Waals surface area (Å²) in [5.41, 5.74) is 6.59. The number of thiazole rings is 1. The van der Waals surface area contributed by atoms with Crippen LogP contribution in [0.3, 0.4) is 0 Å². The van der Waals surface area contributed by atoms with Crippen LogP contribution in [-0.2, 0) is 19.2 Å². The Morgan fingerprint density at radius 1 is 1.38 bits per heavy atom. The number of carbonyl (C=O) groups excluding carboxylic acids is 2. The summed E-state index contributed by atoms with van der Waals surface area (Å²) in [6, 6.07) is -0.863. The zero-order chi connectivity index (χ0) is 23.0. The Morgan fingerprint density at radius 3 is 2.62 bits per heavy atom. The number of nitrogen functional groups attached to an aromatic ring is 1. The number of quaternary nitrogens is 1. The molecule has 34 heavy (non-hydrogen) atoms. The standard InChI is InChI=1S/C19H24N6O5S2.2ClH/c1-25(5-3-4-6-25)7-10-8-31-17-13(16(27)24(17)14(10)18(28)29)22-15(26)12(23-30-2)11-9-32-19(20)21-11;;/h9,13,17H,3-8H2,1-2H3,(H3-,20,21,22,26,28,29);2*1H/p+1/b23-12-;;/t13-,17-;;/m1../s1. The smallest absolute Gasteiger partial charge is 0.352 e. The summed E-state index contributed by atoms with van der Waals surface area (Å²) in [7, 11) is 3.42. The molecule has 1 aromatic heterocycles. The van der Waals surface area contributed by atoms with Crippen molar-refractivity contribution >= 4 is 76.5 Å². The largest absolute Gasteiger partial charge is 0.477 e. The number of likely N-dealkylation sites (N-methyl/N-ethyl adjacent to an activating group) is 1. The summed E-state index contributed by atoms with van der Waals surface area (Å²) in [5, 5.41) is 17.6. The highest BCUT2D eigenvalue weighted by molar-refractivity contribution is 8.00. The quantitative estimate of drug-likeness (QED) is 0.195. The molecule has 188 valence electrons. The Balaban J connectivity index is 0.00000204. The Morgan fingerprint density at radius 2 is 2.06 bits per heavy atom. The Kier molecular flexibility index (Phi) is 9.22. The van der Waals surface area contributed by atoms with Gasteiger partial charge < -0.3 is 25.5 Å². The number of nitrogens with one attached hydrogen (secondary N) is 1. The second-order valence-corrected chi connectivity index (χ2v) is 10.2. The van der Waals surface area contributed by atoms with Gasteiger partial charge in [0, 0.05) is 29.5 Å². The summed E-state index contributed by atoms with van der Waals surface area (Å²) >= 11 is 2.61. The van der Waals surface area contributed by atoms with Gasteiger partial charge in [-0.3, -0.25) is 14.5 Å². The number of aliphatic carboxylic acids is 1. The predicted octanol–water partition coefficient (Wildman–Crippen LogP) is 0.898. The number of fused-ring (bicyclic) bond motifs is 1. The van der Waals surface area contributed by atoms with Gasteiger partial charge >= 0.3 is 5.97 Å². The van der Waals surface area contributed by atoms with Crippen LogP contribution in [0, 0.1) is 0 Å². The van der Waals surface area contributed by atoms with E-state index in [-0.39, 0.29) is 47.0 Å². The number of oxime groups is 1. The molecule has 3 aliphatic heterocycles. The fraction of sp³-hybridized carbons (Fsp3) is 0.526. The lowest BCUT2D eigenvalue weighted by Crippen LogP contribution is -2.71. The van der Waals surface area contributed by atoms with E-state index in [4.69, 9.17) is 10.6 Å². The van der Waals surface area contributed by atoms with Gasteiger partial charge in [-0.05, 0) is 0 Å². The molecular formula is C19H27Cl2N6O5S2+. The molecule has 0 spiro atoms. The number of thioether (sulfide) groups is 1. The van der Waals surface area contributed by atoms with E-state index in [1.54, 1.807) is 5.38 Å². The molecule has 1 aromatic rings. The van der Waals surface area contributed by atoms with Gasteiger partial charge in [0.05, 0.1) is 20.1 Å². The maximum atomic E-state index is 12.9. The van der Waals surface area contributed by atoms with E-state index in [1.165, 1.54) is 23.8 Å². The summed E-state index contributed by atoms with van der Waals surface area (Å²) in [5.74, 6) is -1.71. The molecule has 0 aliphatic carbocycles. The maximum Gasteiger partial charge on any atom is 0.352 e. The van der Waals surface area contributed by atoms with Crippen molar-refractivity contribution in [3.8, 4) is 0 Å². The number of hydrogen-bond donors (Lipinski definition) is 3. The van der Waals surface area contributed by atoms with Crippen molar-refractivity contribution in [1.82, 2.24) is 15.2 Å². The van der Waals surface area contributed by atoms with Crippen molar-refractivity contribution in [2.24, 2.45) is 5.16 Å². The van der Waals surface area contributed by atoms with E-state index >= 15 is 0 Å². The molecule has 0 saturated carbocycles. The van der Waals surface area contributed by atoms with Crippen molar-refractivity contribution in [3.05, 3.63) is 22.3 Å². The Bertz CT molecular complexity index is 1030. The molecule has 2 saturated heterocycles. The number of nitrogens with two attached hydrogens (primary N) is 1. The minimum atomic E-state index is -1.12. The van der Waals surface area contributed by atoms with Crippen molar-refractivity contribution in [2.45, 2.75) is 24.3 Å². The van der Waals surface area contributed by atoms with Crippen LogP contribution in [0.2, 0.25) is 0 Å². The number of halogens is 2. The molecule has 0 aromatic carbocycles. The second-order valence-electron chi connectivity index (χ2n) is 8.24. The molecule has 0 bridgehead atoms. The number of aromatic nitrogens is 1. The summed E-state index contributed by atoms with van der Waals surface area (Å²) < 4.78 is 0.785. The second kappa shape index (κ2) is 11.1. The van der Waals surface area contributed by atoms with E-state index in [0.717, 1.165) is 47.3 Å².